The fourth-order valence-electron chi connectivity index (χ4n) is 1.94. The third-order valence-electron chi connectivity index (χ3n) is 2.98. The predicted octanol–water partition coefficient (Wildman–Crippen LogP) is 0.921. The van der Waals surface area contributed by atoms with E-state index in [0.717, 1.165) is 0 Å². The van der Waals surface area contributed by atoms with Crippen molar-refractivity contribution in [3.63, 3.8) is 0 Å². The van der Waals surface area contributed by atoms with Gasteiger partial charge in [0.2, 0.25) is 11.8 Å². The summed E-state index contributed by atoms with van der Waals surface area (Å²) in [5.74, 6) is 0.806. The fourth-order valence-corrected chi connectivity index (χ4v) is 1.94. The van der Waals surface area contributed by atoms with Gasteiger partial charge in [0.15, 0.2) is 0 Å². The monoisotopic (exact) mass is 264 g/mol. The molecule has 2 N–H and O–H groups in total. The molecule has 0 spiro atoms. The number of amides is 2. The first-order valence-corrected chi connectivity index (χ1v) is 5.96. The Hall–Kier alpha value is -2.24. The summed E-state index contributed by atoms with van der Waals surface area (Å²) in [5.41, 5.74) is 0.521. The van der Waals surface area contributed by atoms with Crippen LogP contribution in [0.3, 0.4) is 0 Å². The summed E-state index contributed by atoms with van der Waals surface area (Å²) in [6.07, 6.45) is 0.893. The zero-order chi connectivity index (χ0) is 13.8. The van der Waals surface area contributed by atoms with Crippen LogP contribution in [-0.2, 0) is 9.59 Å². The second kappa shape index (κ2) is 5.60. The lowest BCUT2D eigenvalue weighted by atomic mass is 10.2. The molecule has 0 aromatic heterocycles. The van der Waals surface area contributed by atoms with Crippen LogP contribution < -0.4 is 20.1 Å². The second-order valence-electron chi connectivity index (χ2n) is 4.21. The summed E-state index contributed by atoms with van der Waals surface area (Å²) in [6.45, 7) is 0. The molecular formula is C13H16N2O4. The topological polar surface area (TPSA) is 76.7 Å². The van der Waals surface area contributed by atoms with Crippen molar-refractivity contribution in [3.8, 4) is 11.5 Å². The predicted molar refractivity (Wildman–Crippen MR) is 69.3 cm³/mol. The van der Waals surface area contributed by atoms with E-state index in [9.17, 15) is 9.59 Å². The molecule has 1 aliphatic heterocycles. The Bertz CT molecular complexity index is 501. The van der Waals surface area contributed by atoms with E-state index in [-0.39, 0.29) is 11.8 Å². The lowest BCUT2D eigenvalue weighted by molar-refractivity contribution is -0.122. The van der Waals surface area contributed by atoms with E-state index in [2.05, 4.69) is 10.6 Å². The maximum Gasteiger partial charge on any atom is 0.247 e. The number of carbonyl (C=O) groups excluding carboxylic acids is 2. The molecule has 0 saturated carbocycles. The fraction of sp³-hybridized carbons (Fsp3) is 0.385. The van der Waals surface area contributed by atoms with E-state index >= 15 is 0 Å². The van der Waals surface area contributed by atoms with Gasteiger partial charge in [0.1, 0.15) is 17.5 Å². The Labute approximate surface area is 111 Å². The third-order valence-corrected chi connectivity index (χ3v) is 2.98. The lowest BCUT2D eigenvalue weighted by Crippen LogP contribution is -2.37. The highest BCUT2D eigenvalue weighted by Gasteiger charge is 2.27. The van der Waals surface area contributed by atoms with Gasteiger partial charge in [-0.15, -0.1) is 0 Å². The van der Waals surface area contributed by atoms with E-state index in [1.165, 1.54) is 7.11 Å². The molecule has 19 heavy (non-hydrogen) atoms. The van der Waals surface area contributed by atoms with E-state index < -0.39 is 6.04 Å². The van der Waals surface area contributed by atoms with Crippen LogP contribution in [0.2, 0.25) is 0 Å². The highest BCUT2D eigenvalue weighted by atomic mass is 16.5. The number of ether oxygens (including phenoxy) is 2. The van der Waals surface area contributed by atoms with Gasteiger partial charge < -0.3 is 20.1 Å². The molecule has 1 aliphatic rings. The molecule has 0 radical (unpaired) electrons. The average molecular weight is 264 g/mol. The SMILES string of the molecule is COc1ccc(OC)c(NC(=O)C2CCC(=O)N2)c1. The maximum atomic E-state index is 12.0. The van der Waals surface area contributed by atoms with Gasteiger partial charge in [0, 0.05) is 12.5 Å². The van der Waals surface area contributed by atoms with Crippen LogP contribution in [0.5, 0.6) is 11.5 Å². The highest BCUT2D eigenvalue weighted by molar-refractivity contribution is 6.00. The Morgan fingerprint density at radius 1 is 1.37 bits per heavy atom. The van der Waals surface area contributed by atoms with Crippen molar-refractivity contribution in [2.45, 2.75) is 18.9 Å². The zero-order valence-corrected chi connectivity index (χ0v) is 10.9. The van der Waals surface area contributed by atoms with Gasteiger partial charge in [-0.1, -0.05) is 0 Å². The standard InChI is InChI=1S/C13H16N2O4/c1-18-8-3-5-11(19-2)10(7-8)15-13(17)9-4-6-12(16)14-9/h3,5,7,9H,4,6H2,1-2H3,(H,14,16)(H,15,17). The van der Waals surface area contributed by atoms with Crippen molar-refractivity contribution in [3.05, 3.63) is 18.2 Å². The molecule has 1 heterocycles. The van der Waals surface area contributed by atoms with Gasteiger partial charge in [-0.2, -0.15) is 0 Å². The summed E-state index contributed by atoms with van der Waals surface area (Å²) in [4.78, 5) is 23.1. The number of rotatable bonds is 4. The average Bonchev–Trinajstić information content (AvgIpc) is 2.85. The molecule has 0 bridgehead atoms. The van der Waals surface area contributed by atoms with Crippen LogP contribution in [0.1, 0.15) is 12.8 Å². The van der Waals surface area contributed by atoms with E-state index in [1.54, 1.807) is 25.3 Å². The van der Waals surface area contributed by atoms with Crippen molar-refractivity contribution in [1.29, 1.82) is 0 Å². The van der Waals surface area contributed by atoms with Crippen LogP contribution in [0.25, 0.3) is 0 Å². The number of methoxy groups -OCH3 is 2. The number of carbonyl (C=O) groups is 2. The summed E-state index contributed by atoms with van der Waals surface area (Å²) in [6, 6.07) is 4.64. The minimum atomic E-state index is -0.483. The first kappa shape index (κ1) is 13.2. The van der Waals surface area contributed by atoms with Crippen molar-refractivity contribution in [2.75, 3.05) is 19.5 Å². The molecule has 2 amide bonds. The number of benzene rings is 1. The van der Waals surface area contributed by atoms with Crippen LogP contribution in [-0.4, -0.2) is 32.1 Å². The van der Waals surface area contributed by atoms with Crippen LogP contribution >= 0.6 is 0 Å². The molecule has 6 nitrogen and oxygen atoms in total. The normalized spacial score (nSPS) is 17.8. The highest BCUT2D eigenvalue weighted by Crippen LogP contribution is 2.29. The molecular weight excluding hydrogens is 248 g/mol. The van der Waals surface area contributed by atoms with Crippen molar-refractivity contribution in [2.24, 2.45) is 0 Å². The number of anilines is 1. The molecule has 0 aliphatic carbocycles. The summed E-state index contributed by atoms with van der Waals surface area (Å²) >= 11 is 0. The summed E-state index contributed by atoms with van der Waals surface area (Å²) in [7, 11) is 3.07. The Kier molecular flexibility index (Phi) is 3.89. The Balaban J connectivity index is 2.13. The molecule has 1 aromatic rings. The van der Waals surface area contributed by atoms with Crippen LogP contribution in [0.15, 0.2) is 18.2 Å². The second-order valence-corrected chi connectivity index (χ2v) is 4.21. The van der Waals surface area contributed by atoms with Crippen molar-refractivity contribution < 1.29 is 19.1 Å². The summed E-state index contributed by atoms with van der Waals surface area (Å²) < 4.78 is 10.3. The summed E-state index contributed by atoms with van der Waals surface area (Å²) in [5, 5.41) is 5.36. The molecule has 1 unspecified atom stereocenters. The Morgan fingerprint density at radius 2 is 2.16 bits per heavy atom. The molecule has 1 aromatic carbocycles. The molecule has 2 rings (SSSR count). The first-order valence-electron chi connectivity index (χ1n) is 5.96. The first-order chi connectivity index (χ1) is 9.13. The minimum Gasteiger partial charge on any atom is -0.497 e. The Morgan fingerprint density at radius 3 is 2.74 bits per heavy atom. The van der Waals surface area contributed by atoms with Crippen LogP contribution in [0.4, 0.5) is 5.69 Å². The van der Waals surface area contributed by atoms with Crippen molar-refractivity contribution >= 4 is 17.5 Å². The van der Waals surface area contributed by atoms with E-state index in [1.807, 2.05) is 0 Å². The van der Waals surface area contributed by atoms with Gasteiger partial charge in [-0.3, -0.25) is 9.59 Å². The van der Waals surface area contributed by atoms with Gasteiger partial charge in [-0.05, 0) is 18.6 Å². The smallest absolute Gasteiger partial charge is 0.247 e. The zero-order valence-electron chi connectivity index (χ0n) is 10.9. The molecule has 102 valence electrons. The van der Waals surface area contributed by atoms with Crippen LogP contribution in [0, 0.1) is 0 Å². The molecule has 6 heteroatoms. The molecule has 1 fully saturated rings. The van der Waals surface area contributed by atoms with Gasteiger partial charge in [-0.25, -0.2) is 0 Å². The maximum absolute atomic E-state index is 12.0. The third kappa shape index (κ3) is 2.96. The lowest BCUT2D eigenvalue weighted by Gasteiger charge is -2.14. The molecule has 1 atom stereocenters. The van der Waals surface area contributed by atoms with Crippen molar-refractivity contribution in [1.82, 2.24) is 5.32 Å². The van der Waals surface area contributed by atoms with E-state index in [4.69, 9.17) is 9.47 Å². The van der Waals surface area contributed by atoms with Gasteiger partial charge >= 0.3 is 0 Å². The quantitative estimate of drug-likeness (QED) is 0.848. The number of hydrogen-bond donors (Lipinski definition) is 2. The number of nitrogens with one attached hydrogen (secondary N) is 2. The molecule has 1 saturated heterocycles. The minimum absolute atomic E-state index is 0.0993. The number of hydrogen-bond acceptors (Lipinski definition) is 4. The van der Waals surface area contributed by atoms with Gasteiger partial charge in [0.05, 0.1) is 19.9 Å². The van der Waals surface area contributed by atoms with E-state index in [0.29, 0.717) is 30.0 Å². The van der Waals surface area contributed by atoms with Gasteiger partial charge in [0.25, 0.3) is 0 Å². The largest absolute Gasteiger partial charge is 0.497 e.